The van der Waals surface area contributed by atoms with Gasteiger partial charge >= 0.3 is 0 Å². The van der Waals surface area contributed by atoms with Gasteiger partial charge in [0.1, 0.15) is 6.04 Å². The van der Waals surface area contributed by atoms with Crippen molar-refractivity contribution in [1.29, 1.82) is 0 Å². The Morgan fingerprint density at radius 3 is 2.80 bits per heavy atom. The van der Waals surface area contributed by atoms with Crippen LogP contribution >= 0.6 is 0 Å². The van der Waals surface area contributed by atoms with Crippen molar-refractivity contribution >= 4 is 5.69 Å². The Kier molecular flexibility index (Phi) is 3.40. The lowest BCUT2D eigenvalue weighted by molar-refractivity contribution is -0.384. The summed E-state index contributed by atoms with van der Waals surface area (Å²) in [6.07, 6.45) is 0. The Balaban J connectivity index is 1.80. The van der Waals surface area contributed by atoms with Gasteiger partial charge in [-0.3, -0.25) is 10.1 Å². The minimum atomic E-state index is -0.450. The lowest BCUT2D eigenvalue weighted by Crippen LogP contribution is -2.34. The summed E-state index contributed by atoms with van der Waals surface area (Å²) < 4.78 is 10.5. The van der Waals surface area contributed by atoms with Gasteiger partial charge in [-0.1, -0.05) is 5.16 Å². The summed E-state index contributed by atoms with van der Waals surface area (Å²) >= 11 is 0. The van der Waals surface area contributed by atoms with E-state index < -0.39 is 4.92 Å². The van der Waals surface area contributed by atoms with Crippen molar-refractivity contribution in [3.63, 3.8) is 0 Å². The Labute approximate surface area is 113 Å². The smallest absolute Gasteiger partial charge is 0.269 e. The molecule has 2 aromatic rings. The summed E-state index contributed by atoms with van der Waals surface area (Å²) in [5, 5.41) is 17.7. The minimum Gasteiger partial charge on any atom is -0.378 e. The van der Waals surface area contributed by atoms with Crippen molar-refractivity contribution in [3.8, 4) is 11.4 Å². The first-order valence-corrected chi connectivity index (χ1v) is 6.13. The predicted octanol–water partition coefficient (Wildman–Crippen LogP) is 1.31. The van der Waals surface area contributed by atoms with Gasteiger partial charge in [-0.15, -0.1) is 0 Å². The molecule has 1 saturated heterocycles. The monoisotopic (exact) mass is 276 g/mol. The van der Waals surface area contributed by atoms with Crippen LogP contribution in [0.1, 0.15) is 11.9 Å². The minimum absolute atomic E-state index is 0.0276. The molecule has 0 radical (unpaired) electrons. The van der Waals surface area contributed by atoms with E-state index in [1.165, 1.54) is 12.1 Å². The van der Waals surface area contributed by atoms with E-state index >= 15 is 0 Å². The van der Waals surface area contributed by atoms with E-state index in [0.29, 0.717) is 30.5 Å². The third-order valence-electron chi connectivity index (χ3n) is 3.00. The van der Waals surface area contributed by atoms with Crippen LogP contribution in [0.15, 0.2) is 28.8 Å². The summed E-state index contributed by atoms with van der Waals surface area (Å²) in [4.78, 5) is 14.4. The van der Waals surface area contributed by atoms with Gasteiger partial charge in [-0.2, -0.15) is 4.98 Å². The first-order chi connectivity index (χ1) is 9.74. The van der Waals surface area contributed by atoms with Crippen LogP contribution in [0.3, 0.4) is 0 Å². The fraction of sp³-hybridized carbons (Fsp3) is 0.333. The number of morpholine rings is 1. The van der Waals surface area contributed by atoms with Crippen LogP contribution in [0.4, 0.5) is 5.69 Å². The van der Waals surface area contributed by atoms with E-state index in [4.69, 9.17) is 9.26 Å². The first kappa shape index (κ1) is 12.7. The molecule has 1 aliphatic heterocycles. The standard InChI is InChI=1S/C12H12N4O4/c17-16(18)9-3-1-8(2-4-9)11-14-12(20-15-11)10-7-19-6-5-13-10/h1-4,10,13H,5-7H2. The maximum Gasteiger partial charge on any atom is 0.269 e. The van der Waals surface area contributed by atoms with Crippen LogP contribution in [0.5, 0.6) is 0 Å². The predicted molar refractivity (Wildman–Crippen MR) is 68.0 cm³/mol. The highest BCUT2D eigenvalue weighted by molar-refractivity contribution is 5.56. The maximum absolute atomic E-state index is 10.6. The Hall–Kier alpha value is -2.32. The molecule has 0 spiro atoms. The van der Waals surface area contributed by atoms with Crippen molar-refractivity contribution < 1.29 is 14.2 Å². The van der Waals surface area contributed by atoms with Crippen LogP contribution in [0.2, 0.25) is 0 Å². The van der Waals surface area contributed by atoms with E-state index in [1.54, 1.807) is 12.1 Å². The molecule has 1 N–H and O–H groups in total. The number of aromatic nitrogens is 2. The number of nitrogens with one attached hydrogen (secondary N) is 1. The Morgan fingerprint density at radius 2 is 2.15 bits per heavy atom. The Bertz CT molecular complexity index is 604. The number of ether oxygens (including phenoxy) is 1. The quantitative estimate of drug-likeness (QED) is 0.665. The number of nitrogens with zero attached hydrogens (tertiary/aromatic N) is 3. The second-order valence-corrected chi connectivity index (χ2v) is 4.34. The van der Waals surface area contributed by atoms with Gasteiger partial charge in [-0.05, 0) is 12.1 Å². The van der Waals surface area contributed by atoms with E-state index in [9.17, 15) is 10.1 Å². The molecule has 0 amide bonds. The van der Waals surface area contributed by atoms with E-state index in [2.05, 4.69) is 15.5 Å². The molecule has 2 heterocycles. The number of rotatable bonds is 3. The van der Waals surface area contributed by atoms with Crippen LogP contribution < -0.4 is 5.32 Å². The molecule has 8 nitrogen and oxygen atoms in total. The second kappa shape index (κ2) is 5.35. The highest BCUT2D eigenvalue weighted by atomic mass is 16.6. The molecule has 1 aliphatic rings. The van der Waals surface area contributed by atoms with Gasteiger partial charge in [0, 0.05) is 24.2 Å². The van der Waals surface area contributed by atoms with Gasteiger partial charge < -0.3 is 14.6 Å². The number of hydrogen-bond acceptors (Lipinski definition) is 7. The zero-order valence-corrected chi connectivity index (χ0v) is 10.5. The zero-order chi connectivity index (χ0) is 13.9. The third kappa shape index (κ3) is 2.51. The van der Waals surface area contributed by atoms with Crippen LogP contribution in [-0.2, 0) is 4.74 Å². The van der Waals surface area contributed by atoms with Gasteiger partial charge in [0.25, 0.3) is 5.69 Å². The summed E-state index contributed by atoms with van der Waals surface area (Å²) in [7, 11) is 0. The van der Waals surface area contributed by atoms with Gasteiger partial charge in [0.05, 0.1) is 18.1 Å². The molecule has 0 bridgehead atoms. The Morgan fingerprint density at radius 1 is 1.35 bits per heavy atom. The topological polar surface area (TPSA) is 103 Å². The van der Waals surface area contributed by atoms with Crippen LogP contribution in [0, 0.1) is 10.1 Å². The van der Waals surface area contributed by atoms with Gasteiger partial charge in [0.2, 0.25) is 11.7 Å². The molecular weight excluding hydrogens is 264 g/mol. The lowest BCUT2D eigenvalue weighted by atomic mass is 10.2. The number of non-ortho nitro benzene ring substituents is 1. The summed E-state index contributed by atoms with van der Waals surface area (Å²) in [5.41, 5.74) is 0.696. The molecule has 1 aromatic heterocycles. The molecule has 0 aliphatic carbocycles. The first-order valence-electron chi connectivity index (χ1n) is 6.13. The van der Waals surface area contributed by atoms with Crippen molar-refractivity contribution in [2.24, 2.45) is 0 Å². The summed E-state index contributed by atoms with van der Waals surface area (Å²) in [6, 6.07) is 5.90. The highest BCUT2D eigenvalue weighted by Crippen LogP contribution is 2.22. The molecule has 1 fully saturated rings. The molecule has 0 saturated carbocycles. The molecule has 1 unspecified atom stereocenters. The average Bonchev–Trinajstić information content (AvgIpc) is 2.98. The molecule has 8 heteroatoms. The van der Waals surface area contributed by atoms with Gasteiger partial charge in [0.15, 0.2) is 0 Å². The van der Waals surface area contributed by atoms with Crippen molar-refractivity contribution in [2.75, 3.05) is 19.8 Å². The number of benzene rings is 1. The molecule has 1 atom stereocenters. The average molecular weight is 276 g/mol. The number of hydrogen-bond donors (Lipinski definition) is 1. The van der Waals surface area contributed by atoms with E-state index in [0.717, 1.165) is 6.54 Å². The SMILES string of the molecule is O=[N+]([O-])c1ccc(-c2noc(C3COCCN3)n2)cc1. The van der Waals surface area contributed by atoms with Crippen LogP contribution in [-0.4, -0.2) is 34.8 Å². The van der Waals surface area contributed by atoms with Crippen molar-refractivity contribution in [3.05, 3.63) is 40.3 Å². The second-order valence-electron chi connectivity index (χ2n) is 4.34. The van der Waals surface area contributed by atoms with E-state index in [-0.39, 0.29) is 11.7 Å². The normalized spacial score (nSPS) is 18.9. The highest BCUT2D eigenvalue weighted by Gasteiger charge is 2.22. The number of nitro benzene ring substituents is 1. The summed E-state index contributed by atoms with van der Waals surface area (Å²) in [5.74, 6) is 0.861. The lowest BCUT2D eigenvalue weighted by Gasteiger charge is -2.20. The third-order valence-corrected chi connectivity index (χ3v) is 3.00. The summed E-state index contributed by atoms with van der Waals surface area (Å²) in [6.45, 7) is 1.89. The van der Waals surface area contributed by atoms with Gasteiger partial charge in [-0.25, -0.2) is 0 Å². The molecule has 3 rings (SSSR count). The molecular formula is C12H12N4O4. The fourth-order valence-electron chi connectivity index (χ4n) is 1.95. The molecule has 104 valence electrons. The number of nitro groups is 1. The van der Waals surface area contributed by atoms with E-state index in [1.807, 2.05) is 0 Å². The maximum atomic E-state index is 10.6. The van der Waals surface area contributed by atoms with Crippen molar-refractivity contribution in [1.82, 2.24) is 15.5 Å². The van der Waals surface area contributed by atoms with Crippen molar-refractivity contribution in [2.45, 2.75) is 6.04 Å². The molecule has 20 heavy (non-hydrogen) atoms. The zero-order valence-electron chi connectivity index (χ0n) is 10.5. The largest absolute Gasteiger partial charge is 0.378 e. The fourth-order valence-corrected chi connectivity index (χ4v) is 1.95. The van der Waals surface area contributed by atoms with Crippen LogP contribution in [0.25, 0.3) is 11.4 Å². The molecule has 1 aromatic carbocycles.